The summed E-state index contributed by atoms with van der Waals surface area (Å²) in [5, 5.41) is 23.3. The molecule has 0 bridgehead atoms. The fourth-order valence-corrected chi connectivity index (χ4v) is 10.7. The molecule has 3 N–H and O–H groups in total. The Morgan fingerprint density at radius 3 is 0.987 bits per heavy atom. The summed E-state index contributed by atoms with van der Waals surface area (Å²) in [7, 11) is 0. The van der Waals surface area contributed by atoms with E-state index >= 15 is 0 Å². The molecule has 0 saturated carbocycles. The first-order valence-corrected chi connectivity index (χ1v) is 35.1. The minimum Gasteiger partial charge on any atom is -0.465 e. The van der Waals surface area contributed by atoms with Gasteiger partial charge in [0.05, 0.1) is 25.4 Å². The molecule has 2 unspecified atom stereocenters. The van der Waals surface area contributed by atoms with Crippen molar-refractivity contribution in [3.8, 4) is 0 Å². The van der Waals surface area contributed by atoms with E-state index in [1.807, 2.05) is 6.08 Å². The Hall–Kier alpha value is -2.44. The second-order valence-corrected chi connectivity index (χ2v) is 23.9. The highest BCUT2D eigenvalue weighted by Crippen LogP contribution is 2.18. The first-order chi connectivity index (χ1) is 39.0. The summed E-state index contributed by atoms with van der Waals surface area (Å²) < 4.78 is 5.43. The number of rotatable bonds is 65. The molecule has 462 valence electrons. The quantitative estimate of drug-likeness (QED) is 0.0320. The number of carbonyl (C=O) groups excluding carboxylic acids is 2. The SMILES string of the molecule is CCCCC/C=C\C/C=C\CCCCCCCCCC(=O)OCC/C=C\C/C=C\CCCCCCCCCCCCCCCCC(=O)NC(CO)C(O)/C=C/CCCCCCCCCCCCCCCCCCCCCCCC. The molecule has 0 aliphatic rings. The van der Waals surface area contributed by atoms with Gasteiger partial charge in [0.1, 0.15) is 0 Å². The number of allylic oxidation sites excluding steroid dienone is 8. The van der Waals surface area contributed by atoms with Crippen molar-refractivity contribution in [3.05, 3.63) is 60.8 Å². The molecule has 6 heteroatoms. The van der Waals surface area contributed by atoms with Gasteiger partial charge in [-0.3, -0.25) is 9.59 Å². The second kappa shape index (κ2) is 68.1. The minimum absolute atomic E-state index is 0.0435. The van der Waals surface area contributed by atoms with Crippen molar-refractivity contribution in [3.63, 3.8) is 0 Å². The first-order valence-electron chi connectivity index (χ1n) is 35.1. The summed E-state index contributed by atoms with van der Waals surface area (Å²) in [4.78, 5) is 24.6. The van der Waals surface area contributed by atoms with Crippen molar-refractivity contribution < 1.29 is 24.5 Å². The van der Waals surface area contributed by atoms with Gasteiger partial charge in [-0.2, -0.15) is 0 Å². The Morgan fingerprint density at radius 1 is 0.354 bits per heavy atom. The molecule has 0 aromatic rings. The molecule has 0 radical (unpaired) electrons. The number of amides is 1. The van der Waals surface area contributed by atoms with Crippen LogP contribution in [0.5, 0.6) is 0 Å². The van der Waals surface area contributed by atoms with E-state index in [4.69, 9.17) is 4.74 Å². The number of carbonyl (C=O) groups is 2. The maximum atomic E-state index is 12.5. The van der Waals surface area contributed by atoms with Crippen molar-refractivity contribution in [2.45, 2.75) is 379 Å². The van der Waals surface area contributed by atoms with E-state index in [-0.39, 0.29) is 18.5 Å². The summed E-state index contributed by atoms with van der Waals surface area (Å²) in [5.74, 6) is -0.114. The molecule has 2 atom stereocenters. The van der Waals surface area contributed by atoms with Crippen LogP contribution in [0, 0.1) is 0 Å². The van der Waals surface area contributed by atoms with Gasteiger partial charge in [0.25, 0.3) is 0 Å². The molecule has 0 aliphatic heterocycles. The Morgan fingerprint density at radius 2 is 0.633 bits per heavy atom. The second-order valence-electron chi connectivity index (χ2n) is 23.9. The van der Waals surface area contributed by atoms with Crippen LogP contribution in [0.4, 0.5) is 0 Å². The molecule has 79 heavy (non-hydrogen) atoms. The standard InChI is InChI=1S/C73H135NO5/c1-3-5-7-9-11-13-15-17-19-21-22-23-24-25-27-30-34-37-41-45-49-53-57-61-65-71(76)70(69-75)74-72(77)66-62-58-54-50-46-42-38-35-31-28-26-29-32-36-40-44-48-52-56-60-64-68-79-73(78)67-63-59-55-51-47-43-39-33-20-18-16-14-12-10-8-6-4-2/h12,14,18,20,44,48,56,60-61,65,70-71,75-76H,3-11,13,15-17,19,21-43,45-47,49-55,57-59,62-64,66-69H2,1-2H3,(H,74,77)/b14-12-,20-18-,48-44-,60-56-,65-61+. The van der Waals surface area contributed by atoms with E-state index in [1.54, 1.807) is 6.08 Å². The van der Waals surface area contributed by atoms with E-state index < -0.39 is 12.1 Å². The third-order valence-electron chi connectivity index (χ3n) is 16.0. The van der Waals surface area contributed by atoms with Crippen LogP contribution in [0.3, 0.4) is 0 Å². The zero-order valence-electron chi connectivity index (χ0n) is 52.9. The number of ether oxygens (including phenoxy) is 1. The molecule has 0 fully saturated rings. The van der Waals surface area contributed by atoms with Crippen LogP contribution in [0.25, 0.3) is 0 Å². The molecule has 0 spiro atoms. The van der Waals surface area contributed by atoms with Crippen LogP contribution in [-0.2, 0) is 14.3 Å². The fraction of sp³-hybridized carbons (Fsp3) is 0.836. The smallest absolute Gasteiger partial charge is 0.305 e. The van der Waals surface area contributed by atoms with E-state index in [1.165, 1.54) is 283 Å². The topological polar surface area (TPSA) is 95.9 Å². The third kappa shape index (κ3) is 64.6. The Kier molecular flexibility index (Phi) is 66.0. The van der Waals surface area contributed by atoms with Crippen LogP contribution in [0.1, 0.15) is 367 Å². The van der Waals surface area contributed by atoms with Gasteiger partial charge in [-0.15, -0.1) is 0 Å². The zero-order valence-corrected chi connectivity index (χ0v) is 52.9. The molecule has 6 nitrogen and oxygen atoms in total. The number of aliphatic hydroxyl groups excluding tert-OH is 2. The molecule has 1 amide bonds. The van der Waals surface area contributed by atoms with E-state index in [9.17, 15) is 19.8 Å². The normalized spacial score (nSPS) is 12.9. The fourth-order valence-electron chi connectivity index (χ4n) is 10.7. The van der Waals surface area contributed by atoms with Gasteiger partial charge in [-0.05, 0) is 83.5 Å². The lowest BCUT2D eigenvalue weighted by Gasteiger charge is -2.20. The maximum Gasteiger partial charge on any atom is 0.305 e. The molecule has 0 rings (SSSR count). The number of esters is 1. The number of hydrogen-bond donors (Lipinski definition) is 3. The largest absolute Gasteiger partial charge is 0.465 e. The van der Waals surface area contributed by atoms with Crippen molar-refractivity contribution in [2.24, 2.45) is 0 Å². The third-order valence-corrected chi connectivity index (χ3v) is 16.0. The highest BCUT2D eigenvalue weighted by Gasteiger charge is 2.18. The molecular weight excluding hydrogens is 971 g/mol. The van der Waals surface area contributed by atoms with Crippen molar-refractivity contribution in [2.75, 3.05) is 13.2 Å². The Labute approximate surface area is 492 Å². The summed E-state index contributed by atoms with van der Waals surface area (Å²) >= 11 is 0. The highest BCUT2D eigenvalue weighted by molar-refractivity contribution is 5.76. The van der Waals surface area contributed by atoms with Gasteiger partial charge >= 0.3 is 5.97 Å². The summed E-state index contributed by atoms with van der Waals surface area (Å²) in [6.07, 6.45) is 90.2. The lowest BCUT2D eigenvalue weighted by molar-refractivity contribution is -0.143. The molecule has 0 aliphatic carbocycles. The van der Waals surface area contributed by atoms with Crippen LogP contribution in [-0.4, -0.2) is 47.4 Å². The number of nitrogens with one attached hydrogen (secondary N) is 1. The Bertz CT molecular complexity index is 1370. The van der Waals surface area contributed by atoms with Crippen LogP contribution < -0.4 is 5.32 Å². The van der Waals surface area contributed by atoms with Gasteiger partial charge in [0.15, 0.2) is 0 Å². The molecule has 0 aromatic heterocycles. The predicted octanol–water partition coefficient (Wildman–Crippen LogP) is 22.6. The van der Waals surface area contributed by atoms with Crippen molar-refractivity contribution in [1.29, 1.82) is 0 Å². The van der Waals surface area contributed by atoms with E-state index in [2.05, 4.69) is 67.8 Å². The number of hydrogen-bond acceptors (Lipinski definition) is 5. The zero-order chi connectivity index (χ0) is 57.1. The molecule has 0 aromatic carbocycles. The lowest BCUT2D eigenvalue weighted by Crippen LogP contribution is -2.45. The van der Waals surface area contributed by atoms with Gasteiger partial charge in [0, 0.05) is 12.8 Å². The van der Waals surface area contributed by atoms with Crippen LogP contribution in [0.15, 0.2) is 60.8 Å². The van der Waals surface area contributed by atoms with Crippen molar-refractivity contribution >= 4 is 11.9 Å². The monoisotopic (exact) mass is 1110 g/mol. The average Bonchev–Trinajstić information content (AvgIpc) is 3.45. The first kappa shape index (κ1) is 76.6. The molecular formula is C73H135NO5. The van der Waals surface area contributed by atoms with Gasteiger partial charge < -0.3 is 20.3 Å². The average molecular weight is 1110 g/mol. The summed E-state index contributed by atoms with van der Waals surface area (Å²) in [5.41, 5.74) is 0. The maximum absolute atomic E-state index is 12.5. The van der Waals surface area contributed by atoms with Gasteiger partial charge in [0.2, 0.25) is 5.91 Å². The van der Waals surface area contributed by atoms with Gasteiger partial charge in [-0.25, -0.2) is 0 Å². The van der Waals surface area contributed by atoms with E-state index in [0.29, 0.717) is 19.4 Å². The van der Waals surface area contributed by atoms with Crippen LogP contribution in [0.2, 0.25) is 0 Å². The molecule has 0 heterocycles. The molecule has 0 saturated heterocycles. The summed E-state index contributed by atoms with van der Waals surface area (Å²) in [6, 6.07) is -0.635. The Balaban J connectivity index is 3.48. The minimum atomic E-state index is -0.851. The van der Waals surface area contributed by atoms with Crippen LogP contribution >= 0.6 is 0 Å². The number of unbranched alkanes of at least 4 members (excludes halogenated alkanes) is 46. The summed E-state index contributed by atoms with van der Waals surface area (Å²) in [6.45, 7) is 4.79. The highest BCUT2D eigenvalue weighted by atomic mass is 16.5. The van der Waals surface area contributed by atoms with E-state index in [0.717, 1.165) is 57.8 Å². The van der Waals surface area contributed by atoms with Crippen molar-refractivity contribution in [1.82, 2.24) is 5.32 Å². The van der Waals surface area contributed by atoms with Gasteiger partial charge in [-0.1, -0.05) is 331 Å². The predicted molar refractivity (Wildman–Crippen MR) is 347 cm³/mol. The lowest BCUT2D eigenvalue weighted by atomic mass is 10.0. The number of aliphatic hydroxyl groups is 2.